The highest BCUT2D eigenvalue weighted by atomic mass is 16.2. The van der Waals surface area contributed by atoms with Gasteiger partial charge >= 0.3 is 6.03 Å². The van der Waals surface area contributed by atoms with Crippen LogP contribution in [0.1, 0.15) is 37.3 Å². The smallest absolute Gasteiger partial charge is 0.317 e. The van der Waals surface area contributed by atoms with Crippen LogP contribution in [0, 0.1) is 0 Å². The predicted molar refractivity (Wildman–Crippen MR) is 99.2 cm³/mol. The van der Waals surface area contributed by atoms with Crippen LogP contribution in [-0.2, 0) is 11.2 Å². The summed E-state index contributed by atoms with van der Waals surface area (Å²) in [4.78, 5) is 27.5. The minimum atomic E-state index is -0.0237. The summed E-state index contributed by atoms with van der Waals surface area (Å²) in [5.41, 5.74) is 3.91. The molecular formula is C20H27N3O2. The lowest BCUT2D eigenvalue weighted by molar-refractivity contribution is -0.132. The van der Waals surface area contributed by atoms with Gasteiger partial charge in [0.1, 0.15) is 0 Å². The molecule has 1 aromatic carbocycles. The van der Waals surface area contributed by atoms with Crippen molar-refractivity contribution in [1.29, 1.82) is 0 Å². The van der Waals surface area contributed by atoms with Gasteiger partial charge in [-0.3, -0.25) is 4.79 Å². The first-order valence-corrected chi connectivity index (χ1v) is 9.14. The highest BCUT2D eigenvalue weighted by Crippen LogP contribution is 2.23. The third-order valence-corrected chi connectivity index (χ3v) is 5.18. The van der Waals surface area contributed by atoms with Gasteiger partial charge in [-0.25, -0.2) is 4.79 Å². The lowest BCUT2D eigenvalue weighted by Crippen LogP contribution is -2.52. The molecule has 5 heteroatoms. The van der Waals surface area contributed by atoms with Gasteiger partial charge in [-0.05, 0) is 36.0 Å². The molecule has 2 aliphatic rings. The van der Waals surface area contributed by atoms with Crippen LogP contribution in [0.5, 0.6) is 0 Å². The summed E-state index contributed by atoms with van der Waals surface area (Å²) in [6.45, 7) is 4.13. The standard InChI is InChI=1S/C20H27N3O2/c1-3-15-4-6-16(7-5-15)17-10-12-23(13-11-17)20(25)21-18-8-9-19(24)22(2)14-18/h4-7,10,18H,3,8-9,11-14H2,1-2H3,(H,21,25)/t18-/m1/s1. The molecule has 3 rings (SSSR count). The van der Waals surface area contributed by atoms with Crippen molar-refractivity contribution in [1.82, 2.24) is 15.1 Å². The number of piperidine rings is 1. The Kier molecular flexibility index (Phi) is 5.41. The molecule has 1 atom stereocenters. The SMILES string of the molecule is CCc1ccc(C2=CCN(C(=O)N[C@@H]3CCC(=O)N(C)C3)CC2)cc1. The third-order valence-electron chi connectivity index (χ3n) is 5.18. The van der Waals surface area contributed by atoms with Gasteiger partial charge < -0.3 is 15.1 Å². The van der Waals surface area contributed by atoms with E-state index < -0.39 is 0 Å². The zero-order chi connectivity index (χ0) is 17.8. The van der Waals surface area contributed by atoms with Gasteiger partial charge in [0.15, 0.2) is 0 Å². The topological polar surface area (TPSA) is 52.7 Å². The number of benzene rings is 1. The van der Waals surface area contributed by atoms with Gasteiger partial charge in [0.2, 0.25) is 5.91 Å². The molecule has 25 heavy (non-hydrogen) atoms. The number of nitrogens with one attached hydrogen (secondary N) is 1. The quantitative estimate of drug-likeness (QED) is 0.919. The second kappa shape index (κ2) is 7.72. The van der Waals surface area contributed by atoms with E-state index in [9.17, 15) is 9.59 Å². The maximum absolute atomic E-state index is 12.5. The van der Waals surface area contributed by atoms with Gasteiger partial charge in [0.05, 0.1) is 0 Å². The van der Waals surface area contributed by atoms with Crippen molar-refractivity contribution in [2.75, 3.05) is 26.7 Å². The number of hydrogen-bond donors (Lipinski definition) is 1. The molecular weight excluding hydrogens is 314 g/mol. The molecule has 1 fully saturated rings. The molecule has 1 N–H and O–H groups in total. The lowest BCUT2D eigenvalue weighted by Gasteiger charge is -2.33. The molecule has 5 nitrogen and oxygen atoms in total. The van der Waals surface area contributed by atoms with E-state index in [0.717, 1.165) is 25.8 Å². The van der Waals surface area contributed by atoms with Crippen LogP contribution in [-0.4, -0.2) is 54.5 Å². The zero-order valence-corrected chi connectivity index (χ0v) is 15.1. The van der Waals surface area contributed by atoms with Crippen molar-refractivity contribution < 1.29 is 9.59 Å². The maximum atomic E-state index is 12.5. The molecule has 0 aromatic heterocycles. The van der Waals surface area contributed by atoms with Crippen molar-refractivity contribution in [2.45, 2.75) is 38.6 Å². The molecule has 0 spiro atoms. The number of rotatable bonds is 3. The molecule has 0 bridgehead atoms. The fourth-order valence-electron chi connectivity index (χ4n) is 3.47. The van der Waals surface area contributed by atoms with Crippen molar-refractivity contribution in [3.63, 3.8) is 0 Å². The number of likely N-dealkylation sites (tertiary alicyclic amines) is 1. The van der Waals surface area contributed by atoms with Crippen LogP contribution in [0.25, 0.3) is 5.57 Å². The molecule has 2 heterocycles. The number of nitrogens with zero attached hydrogens (tertiary/aromatic N) is 2. The van der Waals surface area contributed by atoms with Gasteiger partial charge in [0, 0.05) is 39.1 Å². The number of hydrogen-bond acceptors (Lipinski definition) is 2. The summed E-state index contributed by atoms with van der Waals surface area (Å²) in [5.74, 6) is 0.158. The van der Waals surface area contributed by atoms with E-state index in [-0.39, 0.29) is 18.0 Å². The number of likely N-dealkylation sites (N-methyl/N-ethyl adjacent to an activating group) is 1. The largest absolute Gasteiger partial charge is 0.344 e. The first-order chi connectivity index (χ1) is 12.1. The predicted octanol–water partition coefficient (Wildman–Crippen LogP) is 2.67. The van der Waals surface area contributed by atoms with E-state index in [0.29, 0.717) is 19.5 Å². The van der Waals surface area contributed by atoms with E-state index in [1.807, 2.05) is 4.90 Å². The van der Waals surface area contributed by atoms with Crippen LogP contribution < -0.4 is 5.32 Å². The first kappa shape index (κ1) is 17.5. The fourth-order valence-corrected chi connectivity index (χ4v) is 3.47. The Balaban J connectivity index is 1.54. The maximum Gasteiger partial charge on any atom is 0.317 e. The summed E-state index contributed by atoms with van der Waals surface area (Å²) in [5, 5.41) is 3.07. The molecule has 134 valence electrons. The Morgan fingerprint density at radius 2 is 2.00 bits per heavy atom. The Labute approximate surface area is 149 Å². The highest BCUT2D eigenvalue weighted by molar-refractivity contribution is 5.79. The minimum Gasteiger partial charge on any atom is -0.344 e. The monoisotopic (exact) mass is 341 g/mol. The number of carbonyl (C=O) groups is 2. The van der Waals surface area contributed by atoms with E-state index in [4.69, 9.17) is 0 Å². The molecule has 0 radical (unpaired) electrons. The molecule has 3 amide bonds. The van der Waals surface area contributed by atoms with Crippen LogP contribution in [0.15, 0.2) is 30.3 Å². The Morgan fingerprint density at radius 3 is 2.60 bits per heavy atom. The van der Waals surface area contributed by atoms with Crippen molar-refractivity contribution in [3.8, 4) is 0 Å². The average Bonchev–Trinajstić information content (AvgIpc) is 2.65. The normalized spacial score (nSPS) is 21.1. The van der Waals surface area contributed by atoms with Crippen molar-refractivity contribution in [2.24, 2.45) is 0 Å². The molecule has 1 aromatic rings. The van der Waals surface area contributed by atoms with Crippen molar-refractivity contribution >= 4 is 17.5 Å². The zero-order valence-electron chi connectivity index (χ0n) is 15.1. The number of aryl methyl sites for hydroxylation is 1. The Hall–Kier alpha value is -2.30. The summed E-state index contributed by atoms with van der Waals surface area (Å²) >= 11 is 0. The van der Waals surface area contributed by atoms with E-state index in [1.165, 1.54) is 16.7 Å². The lowest BCUT2D eigenvalue weighted by atomic mass is 9.98. The summed E-state index contributed by atoms with van der Waals surface area (Å²) in [6.07, 6.45) is 5.32. The molecule has 2 aliphatic heterocycles. The minimum absolute atomic E-state index is 0.0237. The summed E-state index contributed by atoms with van der Waals surface area (Å²) in [6, 6.07) is 8.74. The van der Waals surface area contributed by atoms with Gasteiger partial charge in [-0.1, -0.05) is 37.3 Å². The van der Waals surface area contributed by atoms with Gasteiger partial charge in [0.25, 0.3) is 0 Å². The number of urea groups is 1. The third kappa shape index (κ3) is 4.21. The first-order valence-electron chi connectivity index (χ1n) is 9.14. The molecule has 0 aliphatic carbocycles. The van der Waals surface area contributed by atoms with Crippen LogP contribution in [0.4, 0.5) is 4.79 Å². The molecule has 0 saturated carbocycles. The number of amides is 3. The average molecular weight is 341 g/mol. The highest BCUT2D eigenvalue weighted by Gasteiger charge is 2.26. The van der Waals surface area contributed by atoms with E-state index >= 15 is 0 Å². The second-order valence-corrected chi connectivity index (χ2v) is 6.94. The summed E-state index contributed by atoms with van der Waals surface area (Å²) < 4.78 is 0. The van der Waals surface area contributed by atoms with Crippen LogP contribution in [0.3, 0.4) is 0 Å². The van der Waals surface area contributed by atoms with Gasteiger partial charge in [-0.15, -0.1) is 0 Å². The molecule has 1 saturated heterocycles. The number of carbonyl (C=O) groups excluding carboxylic acids is 2. The fraction of sp³-hybridized carbons (Fsp3) is 0.500. The van der Waals surface area contributed by atoms with E-state index in [2.05, 4.69) is 42.6 Å². The summed E-state index contributed by atoms with van der Waals surface area (Å²) in [7, 11) is 1.79. The van der Waals surface area contributed by atoms with Crippen LogP contribution >= 0.6 is 0 Å². The molecule has 0 unspecified atom stereocenters. The van der Waals surface area contributed by atoms with Gasteiger partial charge in [-0.2, -0.15) is 0 Å². The van der Waals surface area contributed by atoms with E-state index in [1.54, 1.807) is 11.9 Å². The Bertz CT molecular complexity index is 666. The van der Waals surface area contributed by atoms with Crippen LogP contribution in [0.2, 0.25) is 0 Å². The second-order valence-electron chi connectivity index (χ2n) is 6.94. The van der Waals surface area contributed by atoms with Crippen molar-refractivity contribution in [3.05, 3.63) is 41.5 Å². The Morgan fingerprint density at radius 1 is 1.24 bits per heavy atom.